The molecule has 0 saturated carbocycles. The van der Waals surface area contributed by atoms with Gasteiger partial charge in [-0.1, -0.05) is 35.3 Å². The molecule has 148 valence electrons. The van der Waals surface area contributed by atoms with Crippen LogP contribution in [0.1, 0.15) is 6.42 Å². The Morgan fingerprint density at radius 2 is 1.93 bits per heavy atom. The number of halogens is 2. The van der Waals surface area contributed by atoms with Crippen molar-refractivity contribution < 1.29 is 4.74 Å². The fourth-order valence-electron chi connectivity index (χ4n) is 3.24. The number of rotatable bonds is 5. The van der Waals surface area contributed by atoms with Gasteiger partial charge in [0, 0.05) is 40.9 Å². The zero-order valence-electron chi connectivity index (χ0n) is 15.4. The maximum Gasteiger partial charge on any atom is 0.266 e. The number of ether oxygens (including phenoxy) is 1. The van der Waals surface area contributed by atoms with Crippen LogP contribution in [0.5, 0.6) is 0 Å². The van der Waals surface area contributed by atoms with Crippen molar-refractivity contribution in [3.8, 4) is 11.4 Å². The van der Waals surface area contributed by atoms with Crippen molar-refractivity contribution in [3.05, 3.63) is 73.1 Å². The monoisotopic (exact) mass is 446 g/mol. The third-order valence-corrected chi connectivity index (χ3v) is 6.22. The van der Waals surface area contributed by atoms with Crippen molar-refractivity contribution in [2.45, 2.75) is 13.0 Å². The third-order valence-electron chi connectivity index (χ3n) is 4.60. The van der Waals surface area contributed by atoms with Gasteiger partial charge in [0.2, 0.25) is 5.43 Å². The second-order valence-electron chi connectivity index (χ2n) is 6.47. The minimum atomic E-state index is -0.376. The van der Waals surface area contributed by atoms with Crippen LogP contribution in [0.15, 0.2) is 52.1 Å². The first-order valence-corrected chi connectivity index (χ1v) is 10.5. The summed E-state index contributed by atoms with van der Waals surface area (Å²) in [4.78, 5) is 31.5. The minimum Gasteiger partial charge on any atom is -0.385 e. The highest BCUT2D eigenvalue weighted by molar-refractivity contribution is 7.24. The quantitative estimate of drug-likeness (QED) is 0.320. The van der Waals surface area contributed by atoms with Gasteiger partial charge in [0.1, 0.15) is 16.0 Å². The summed E-state index contributed by atoms with van der Waals surface area (Å²) in [7, 11) is 1.60. The maximum atomic E-state index is 13.4. The Hall–Kier alpha value is -2.25. The molecule has 4 aromatic rings. The summed E-state index contributed by atoms with van der Waals surface area (Å²) in [6.45, 7) is 0.823. The standard InChI is InChI=1S/C21H16Cl2N2O3S/c1-28-10-4-9-25-19(13-8-7-12(22)11-15(13)23)24-20-17(21(25)27)18(26)14-5-2-3-6-16(14)29-20/h2-3,5-8,11H,4,9-10H2,1H3. The summed E-state index contributed by atoms with van der Waals surface area (Å²) in [6, 6.07) is 12.3. The van der Waals surface area contributed by atoms with E-state index in [1.54, 1.807) is 37.4 Å². The van der Waals surface area contributed by atoms with Crippen LogP contribution in [-0.4, -0.2) is 23.3 Å². The van der Waals surface area contributed by atoms with Crippen LogP contribution in [0.3, 0.4) is 0 Å². The highest BCUT2D eigenvalue weighted by Gasteiger charge is 2.19. The summed E-state index contributed by atoms with van der Waals surface area (Å²) in [5.41, 5.74) is -0.0968. The van der Waals surface area contributed by atoms with Gasteiger partial charge in [-0.2, -0.15) is 0 Å². The molecule has 2 aromatic carbocycles. The fraction of sp³-hybridized carbons (Fsp3) is 0.190. The van der Waals surface area contributed by atoms with Crippen LogP contribution in [-0.2, 0) is 11.3 Å². The van der Waals surface area contributed by atoms with Gasteiger partial charge in [0.05, 0.1) is 5.02 Å². The van der Waals surface area contributed by atoms with Crippen LogP contribution in [0.2, 0.25) is 10.0 Å². The average molecular weight is 447 g/mol. The molecule has 0 radical (unpaired) electrons. The van der Waals surface area contributed by atoms with Crippen LogP contribution in [0.25, 0.3) is 31.7 Å². The molecule has 0 aliphatic heterocycles. The number of fused-ring (bicyclic) bond motifs is 2. The topological polar surface area (TPSA) is 61.2 Å². The molecule has 5 nitrogen and oxygen atoms in total. The molecule has 0 atom stereocenters. The highest BCUT2D eigenvalue weighted by atomic mass is 35.5. The largest absolute Gasteiger partial charge is 0.385 e. The molecule has 2 aromatic heterocycles. The number of benzene rings is 2. The summed E-state index contributed by atoms with van der Waals surface area (Å²) < 4.78 is 7.40. The molecule has 0 spiro atoms. The molecule has 4 rings (SSSR count). The third kappa shape index (κ3) is 3.69. The predicted octanol–water partition coefficient (Wildman–Crippen LogP) is 4.98. The van der Waals surface area contributed by atoms with E-state index in [9.17, 15) is 9.59 Å². The number of methoxy groups -OCH3 is 1. The molecule has 8 heteroatoms. The van der Waals surface area contributed by atoms with Crippen LogP contribution in [0, 0.1) is 0 Å². The van der Waals surface area contributed by atoms with Crippen LogP contribution in [0.4, 0.5) is 0 Å². The van der Waals surface area contributed by atoms with Crippen molar-refractivity contribution in [2.24, 2.45) is 0 Å². The van der Waals surface area contributed by atoms with Gasteiger partial charge < -0.3 is 4.74 Å². The molecule has 0 amide bonds. The van der Waals surface area contributed by atoms with Crippen LogP contribution < -0.4 is 11.0 Å². The van der Waals surface area contributed by atoms with E-state index < -0.39 is 0 Å². The molecule has 0 N–H and O–H groups in total. The number of aromatic nitrogens is 2. The van der Waals surface area contributed by atoms with E-state index in [2.05, 4.69) is 0 Å². The lowest BCUT2D eigenvalue weighted by Gasteiger charge is -2.14. The van der Waals surface area contributed by atoms with Gasteiger partial charge in [-0.15, -0.1) is 11.3 Å². The van der Waals surface area contributed by atoms with Gasteiger partial charge in [-0.3, -0.25) is 14.2 Å². The lowest BCUT2D eigenvalue weighted by atomic mass is 10.2. The van der Waals surface area contributed by atoms with Crippen molar-refractivity contribution >= 4 is 54.8 Å². The Kier molecular flexibility index (Phi) is 5.69. The van der Waals surface area contributed by atoms with Crippen molar-refractivity contribution in [3.63, 3.8) is 0 Å². The van der Waals surface area contributed by atoms with E-state index in [1.165, 1.54) is 15.9 Å². The first-order chi connectivity index (χ1) is 14.0. The SMILES string of the molecule is COCCCn1c(-c2ccc(Cl)cc2Cl)nc2sc3ccccc3c(=O)c2c1=O. The van der Waals surface area contributed by atoms with Crippen molar-refractivity contribution in [1.29, 1.82) is 0 Å². The fourth-order valence-corrected chi connectivity index (χ4v) is 4.77. The van der Waals surface area contributed by atoms with Gasteiger partial charge in [-0.25, -0.2) is 4.98 Å². The van der Waals surface area contributed by atoms with Crippen molar-refractivity contribution in [1.82, 2.24) is 9.55 Å². The molecule has 0 fully saturated rings. The number of nitrogens with zero attached hydrogens (tertiary/aromatic N) is 2. The average Bonchev–Trinajstić information content (AvgIpc) is 2.70. The number of hydrogen-bond donors (Lipinski definition) is 0. The zero-order valence-corrected chi connectivity index (χ0v) is 17.8. The molecule has 0 saturated heterocycles. The van der Waals surface area contributed by atoms with Gasteiger partial charge >= 0.3 is 0 Å². The molecule has 0 aliphatic carbocycles. The van der Waals surface area contributed by atoms with Crippen LogP contribution >= 0.6 is 34.5 Å². The molecule has 0 bridgehead atoms. The van der Waals surface area contributed by atoms with Gasteiger partial charge in [0.15, 0.2) is 0 Å². The summed E-state index contributed by atoms with van der Waals surface area (Å²) >= 11 is 13.8. The Morgan fingerprint density at radius 3 is 2.69 bits per heavy atom. The number of hydrogen-bond acceptors (Lipinski definition) is 5. The normalized spacial score (nSPS) is 11.4. The Labute approximate surface area is 180 Å². The summed E-state index contributed by atoms with van der Waals surface area (Å²) in [6.07, 6.45) is 0.590. The van der Waals surface area contributed by atoms with E-state index in [-0.39, 0.29) is 16.4 Å². The lowest BCUT2D eigenvalue weighted by Crippen LogP contribution is -2.27. The predicted molar refractivity (Wildman–Crippen MR) is 120 cm³/mol. The van der Waals surface area contributed by atoms with Gasteiger partial charge in [-0.05, 0) is 36.8 Å². The lowest BCUT2D eigenvalue weighted by molar-refractivity contribution is 0.190. The second kappa shape index (κ2) is 8.24. The highest BCUT2D eigenvalue weighted by Crippen LogP contribution is 2.31. The Bertz CT molecular complexity index is 1350. The van der Waals surface area contributed by atoms with E-state index in [1.807, 2.05) is 12.1 Å². The molecule has 29 heavy (non-hydrogen) atoms. The van der Waals surface area contributed by atoms with E-state index in [0.29, 0.717) is 51.2 Å². The molecule has 0 unspecified atom stereocenters. The first-order valence-electron chi connectivity index (χ1n) is 8.92. The smallest absolute Gasteiger partial charge is 0.266 e. The van der Waals surface area contributed by atoms with E-state index in [0.717, 1.165) is 4.70 Å². The summed E-state index contributed by atoms with van der Waals surface area (Å²) in [5, 5.41) is 1.49. The first kappa shape index (κ1) is 20.0. The molecular weight excluding hydrogens is 431 g/mol. The van der Waals surface area contributed by atoms with E-state index in [4.69, 9.17) is 32.9 Å². The molecular formula is C21H16Cl2N2O3S. The molecule has 2 heterocycles. The summed E-state index contributed by atoms with van der Waals surface area (Å²) in [5.74, 6) is 0.409. The molecule has 0 aliphatic rings. The second-order valence-corrected chi connectivity index (χ2v) is 8.34. The zero-order chi connectivity index (χ0) is 20.5. The Balaban J connectivity index is 2.07. The van der Waals surface area contributed by atoms with Gasteiger partial charge in [0.25, 0.3) is 5.56 Å². The van der Waals surface area contributed by atoms with E-state index >= 15 is 0 Å². The minimum absolute atomic E-state index is 0.0972. The Morgan fingerprint density at radius 1 is 1.14 bits per heavy atom. The maximum absolute atomic E-state index is 13.4. The van der Waals surface area contributed by atoms with Crippen molar-refractivity contribution in [2.75, 3.05) is 13.7 Å².